The number of pyridine rings is 1. The Morgan fingerprint density at radius 2 is 1.86 bits per heavy atom. The Hall–Kier alpha value is -3.29. The molecule has 1 fully saturated rings. The Labute approximate surface area is 170 Å². The molecule has 2 aromatic rings. The van der Waals surface area contributed by atoms with Crippen molar-refractivity contribution >= 4 is 23.4 Å². The highest BCUT2D eigenvalue weighted by atomic mass is 16.5. The summed E-state index contributed by atoms with van der Waals surface area (Å²) in [6.07, 6.45) is 3.05. The van der Waals surface area contributed by atoms with Gasteiger partial charge in [-0.3, -0.25) is 0 Å². The van der Waals surface area contributed by atoms with Gasteiger partial charge in [-0.1, -0.05) is 12.1 Å². The molecule has 0 atom stereocenters. The van der Waals surface area contributed by atoms with Gasteiger partial charge in [0, 0.05) is 51.8 Å². The highest BCUT2D eigenvalue weighted by Gasteiger charge is 2.24. The summed E-state index contributed by atoms with van der Waals surface area (Å²) in [6, 6.07) is 11.0. The van der Waals surface area contributed by atoms with Crippen molar-refractivity contribution in [2.75, 3.05) is 37.8 Å². The molecule has 1 aromatic heterocycles. The van der Waals surface area contributed by atoms with Crippen LogP contribution in [0.5, 0.6) is 5.88 Å². The van der Waals surface area contributed by atoms with Gasteiger partial charge >= 0.3 is 12.1 Å². The SMILES string of the molecule is Cc1cccc(NC(=O)N2CCC(Oc3ccc(NC(=O)N(C)C)cn3)CC2)c1. The molecule has 1 aliphatic rings. The fourth-order valence-corrected chi connectivity index (χ4v) is 3.03. The Morgan fingerprint density at radius 1 is 1.10 bits per heavy atom. The third-order valence-electron chi connectivity index (χ3n) is 4.68. The van der Waals surface area contributed by atoms with Crippen LogP contribution in [-0.2, 0) is 0 Å². The lowest BCUT2D eigenvalue weighted by molar-refractivity contribution is 0.111. The number of amides is 4. The van der Waals surface area contributed by atoms with Gasteiger partial charge < -0.3 is 25.2 Å². The summed E-state index contributed by atoms with van der Waals surface area (Å²) in [5.41, 5.74) is 2.52. The minimum absolute atomic E-state index is 0.00716. The number of aryl methyl sites for hydroxylation is 1. The highest BCUT2D eigenvalue weighted by molar-refractivity contribution is 5.89. The van der Waals surface area contributed by atoms with Crippen molar-refractivity contribution in [1.29, 1.82) is 0 Å². The lowest BCUT2D eigenvalue weighted by Gasteiger charge is -2.32. The Morgan fingerprint density at radius 3 is 2.48 bits per heavy atom. The van der Waals surface area contributed by atoms with Crippen LogP contribution in [0.2, 0.25) is 0 Å². The number of hydrogen-bond donors (Lipinski definition) is 2. The van der Waals surface area contributed by atoms with Gasteiger partial charge in [-0.15, -0.1) is 0 Å². The number of hydrogen-bond acceptors (Lipinski definition) is 4. The maximum absolute atomic E-state index is 12.4. The van der Waals surface area contributed by atoms with Crippen LogP contribution in [0, 0.1) is 6.92 Å². The van der Waals surface area contributed by atoms with Crippen molar-refractivity contribution in [1.82, 2.24) is 14.8 Å². The first kappa shape index (κ1) is 20.4. The van der Waals surface area contributed by atoms with Gasteiger partial charge in [0.1, 0.15) is 6.10 Å². The molecule has 0 bridgehead atoms. The number of urea groups is 2. The van der Waals surface area contributed by atoms with Gasteiger partial charge in [-0.25, -0.2) is 14.6 Å². The van der Waals surface area contributed by atoms with Gasteiger partial charge in [-0.2, -0.15) is 0 Å². The topological polar surface area (TPSA) is 86.8 Å². The molecule has 1 aliphatic heterocycles. The van der Waals surface area contributed by atoms with Crippen molar-refractivity contribution in [3.8, 4) is 5.88 Å². The minimum atomic E-state index is -0.211. The quantitative estimate of drug-likeness (QED) is 0.826. The van der Waals surface area contributed by atoms with Gasteiger partial charge in [0.05, 0.1) is 11.9 Å². The Kier molecular flexibility index (Phi) is 6.54. The van der Waals surface area contributed by atoms with Crippen LogP contribution in [0.3, 0.4) is 0 Å². The maximum Gasteiger partial charge on any atom is 0.321 e. The standard InChI is InChI=1S/C21H27N5O3/c1-15-5-4-6-16(13-15)23-21(28)26-11-9-18(10-12-26)29-19-8-7-17(14-22-19)24-20(27)25(2)3/h4-8,13-14,18H,9-12H2,1-3H3,(H,23,28)(H,24,27). The van der Waals surface area contributed by atoms with Crippen LogP contribution in [-0.4, -0.2) is 60.1 Å². The number of ether oxygens (including phenoxy) is 1. The van der Waals surface area contributed by atoms with E-state index in [-0.39, 0.29) is 18.2 Å². The molecule has 154 valence electrons. The predicted molar refractivity (Wildman–Crippen MR) is 112 cm³/mol. The molecule has 2 N–H and O–H groups in total. The summed E-state index contributed by atoms with van der Waals surface area (Å²) in [5.74, 6) is 0.510. The average Bonchev–Trinajstić information content (AvgIpc) is 2.70. The largest absolute Gasteiger partial charge is 0.474 e. The van der Waals surface area contributed by atoms with E-state index >= 15 is 0 Å². The van der Waals surface area contributed by atoms with E-state index in [4.69, 9.17) is 4.74 Å². The first-order chi connectivity index (χ1) is 13.9. The number of nitrogens with one attached hydrogen (secondary N) is 2. The van der Waals surface area contributed by atoms with Crippen molar-refractivity contribution in [3.63, 3.8) is 0 Å². The molecule has 8 nitrogen and oxygen atoms in total. The number of piperidine rings is 1. The zero-order valence-corrected chi connectivity index (χ0v) is 17.0. The van der Waals surface area contributed by atoms with Crippen molar-refractivity contribution in [3.05, 3.63) is 48.2 Å². The van der Waals surface area contributed by atoms with Crippen LogP contribution >= 0.6 is 0 Å². The molecule has 3 rings (SSSR count). The van der Waals surface area contributed by atoms with E-state index < -0.39 is 0 Å². The second-order valence-electron chi connectivity index (χ2n) is 7.31. The zero-order valence-electron chi connectivity index (χ0n) is 17.0. The molecule has 1 saturated heterocycles. The molecule has 0 saturated carbocycles. The second-order valence-corrected chi connectivity index (χ2v) is 7.31. The number of carbonyl (C=O) groups is 2. The highest BCUT2D eigenvalue weighted by Crippen LogP contribution is 2.20. The van der Waals surface area contributed by atoms with Crippen LogP contribution in [0.1, 0.15) is 18.4 Å². The average molecular weight is 397 g/mol. The molecule has 29 heavy (non-hydrogen) atoms. The lowest BCUT2D eigenvalue weighted by atomic mass is 10.1. The van der Waals surface area contributed by atoms with Crippen LogP contribution in [0.15, 0.2) is 42.6 Å². The fraction of sp³-hybridized carbons (Fsp3) is 0.381. The molecule has 2 heterocycles. The Bertz CT molecular complexity index is 846. The van der Waals surface area contributed by atoms with Crippen LogP contribution in [0.25, 0.3) is 0 Å². The lowest BCUT2D eigenvalue weighted by Crippen LogP contribution is -2.43. The van der Waals surface area contributed by atoms with E-state index in [0.29, 0.717) is 24.7 Å². The summed E-state index contributed by atoms with van der Waals surface area (Å²) >= 11 is 0. The molecule has 0 aliphatic carbocycles. The normalized spacial score (nSPS) is 14.2. The smallest absolute Gasteiger partial charge is 0.321 e. The Balaban J connectivity index is 1.46. The number of rotatable bonds is 4. The molecule has 8 heteroatoms. The molecular formula is C21H27N5O3. The number of likely N-dealkylation sites (tertiary alicyclic amines) is 1. The predicted octanol–water partition coefficient (Wildman–Crippen LogP) is 3.56. The first-order valence-corrected chi connectivity index (χ1v) is 9.64. The number of aromatic nitrogens is 1. The van der Waals surface area contributed by atoms with Gasteiger partial charge in [-0.05, 0) is 30.7 Å². The van der Waals surface area contributed by atoms with E-state index in [2.05, 4.69) is 15.6 Å². The summed E-state index contributed by atoms with van der Waals surface area (Å²) in [5, 5.41) is 5.67. The van der Waals surface area contributed by atoms with E-state index in [0.717, 1.165) is 24.1 Å². The van der Waals surface area contributed by atoms with Crippen LogP contribution < -0.4 is 15.4 Å². The van der Waals surface area contributed by atoms with Gasteiger partial charge in [0.25, 0.3) is 0 Å². The second kappa shape index (κ2) is 9.27. The maximum atomic E-state index is 12.4. The van der Waals surface area contributed by atoms with E-state index in [1.807, 2.05) is 31.2 Å². The van der Waals surface area contributed by atoms with E-state index in [1.165, 1.54) is 4.90 Å². The molecule has 1 aromatic carbocycles. The fourth-order valence-electron chi connectivity index (χ4n) is 3.03. The molecule has 0 radical (unpaired) electrons. The van der Waals surface area contributed by atoms with Crippen molar-refractivity contribution in [2.24, 2.45) is 0 Å². The summed E-state index contributed by atoms with van der Waals surface area (Å²) in [7, 11) is 3.35. The molecular weight excluding hydrogens is 370 g/mol. The van der Waals surface area contributed by atoms with Crippen molar-refractivity contribution < 1.29 is 14.3 Å². The summed E-state index contributed by atoms with van der Waals surface area (Å²) in [6.45, 7) is 3.24. The third-order valence-corrected chi connectivity index (χ3v) is 4.68. The number of anilines is 2. The number of benzene rings is 1. The number of carbonyl (C=O) groups excluding carboxylic acids is 2. The molecule has 0 unspecified atom stereocenters. The van der Waals surface area contributed by atoms with E-state index in [1.54, 1.807) is 37.3 Å². The zero-order chi connectivity index (χ0) is 20.8. The van der Waals surface area contributed by atoms with Gasteiger partial charge in [0.15, 0.2) is 0 Å². The molecule has 4 amide bonds. The summed E-state index contributed by atoms with van der Waals surface area (Å²) < 4.78 is 5.93. The van der Waals surface area contributed by atoms with Gasteiger partial charge in [0.2, 0.25) is 5.88 Å². The first-order valence-electron chi connectivity index (χ1n) is 9.64. The monoisotopic (exact) mass is 397 g/mol. The van der Waals surface area contributed by atoms with Crippen LogP contribution in [0.4, 0.5) is 21.0 Å². The van der Waals surface area contributed by atoms with Crippen molar-refractivity contribution in [2.45, 2.75) is 25.9 Å². The minimum Gasteiger partial charge on any atom is -0.474 e. The summed E-state index contributed by atoms with van der Waals surface area (Å²) in [4.78, 5) is 31.6. The molecule has 0 spiro atoms. The van der Waals surface area contributed by atoms with E-state index in [9.17, 15) is 9.59 Å². The third kappa shape index (κ3) is 5.84. The number of nitrogens with zero attached hydrogens (tertiary/aromatic N) is 3.